The molecule has 3 rings (SSSR count). The molecule has 1 N–H and O–H groups in total. The fourth-order valence-corrected chi connectivity index (χ4v) is 2.77. The van der Waals surface area contributed by atoms with Gasteiger partial charge < -0.3 is 4.74 Å². The Hall–Kier alpha value is -1.73. The molecule has 1 aromatic carbocycles. The van der Waals surface area contributed by atoms with Gasteiger partial charge >= 0.3 is 0 Å². The summed E-state index contributed by atoms with van der Waals surface area (Å²) in [6, 6.07) is 5.69. The van der Waals surface area contributed by atoms with Crippen molar-refractivity contribution in [2.45, 2.75) is 6.92 Å². The van der Waals surface area contributed by atoms with Crippen LogP contribution in [-0.4, -0.2) is 22.7 Å². The van der Waals surface area contributed by atoms with E-state index in [0.717, 1.165) is 20.8 Å². The zero-order valence-corrected chi connectivity index (χ0v) is 12.9. The molecule has 7 heteroatoms. The van der Waals surface area contributed by atoms with Crippen LogP contribution in [0.5, 0.6) is 5.75 Å². The minimum Gasteiger partial charge on any atom is -0.488 e. The summed E-state index contributed by atoms with van der Waals surface area (Å²) in [5.74, 6) is 0.559. The standard InChI is InChI=1S/C13H10BrN3O2S/c1-7-16-17-13(20-7)15-12(18)9-4-8-5-10(14)2-3-11(8)19-6-9/h2-5H,6H2,1H3,(H,15,17,18). The number of fused-ring (bicyclic) bond motifs is 1. The molecule has 0 bridgehead atoms. The molecule has 1 aliphatic heterocycles. The second kappa shape index (κ2) is 5.34. The summed E-state index contributed by atoms with van der Waals surface area (Å²) in [7, 11) is 0. The van der Waals surface area contributed by atoms with Gasteiger partial charge in [-0.2, -0.15) is 0 Å². The van der Waals surface area contributed by atoms with Crippen LogP contribution >= 0.6 is 27.3 Å². The number of amides is 1. The van der Waals surface area contributed by atoms with Crippen LogP contribution in [0.3, 0.4) is 0 Å². The molecule has 5 nitrogen and oxygen atoms in total. The van der Waals surface area contributed by atoms with Crippen molar-refractivity contribution in [3.63, 3.8) is 0 Å². The second-order valence-electron chi connectivity index (χ2n) is 4.22. The average Bonchev–Trinajstić information content (AvgIpc) is 2.83. The monoisotopic (exact) mass is 351 g/mol. The first kappa shape index (κ1) is 13.3. The van der Waals surface area contributed by atoms with Crippen LogP contribution < -0.4 is 10.1 Å². The van der Waals surface area contributed by atoms with E-state index in [4.69, 9.17) is 4.74 Å². The molecule has 102 valence electrons. The van der Waals surface area contributed by atoms with Gasteiger partial charge in [0.1, 0.15) is 17.4 Å². The molecule has 0 radical (unpaired) electrons. The highest BCUT2D eigenvalue weighted by Gasteiger charge is 2.18. The number of hydrogen-bond donors (Lipinski definition) is 1. The third kappa shape index (κ3) is 2.73. The van der Waals surface area contributed by atoms with E-state index in [9.17, 15) is 4.79 Å². The molecular formula is C13H10BrN3O2S. The maximum absolute atomic E-state index is 12.1. The summed E-state index contributed by atoms with van der Waals surface area (Å²) in [6.45, 7) is 2.09. The molecule has 2 aromatic rings. The van der Waals surface area contributed by atoms with Gasteiger partial charge in [0.05, 0.1) is 5.57 Å². The van der Waals surface area contributed by atoms with Crippen LogP contribution in [0.1, 0.15) is 10.6 Å². The van der Waals surface area contributed by atoms with Crippen LogP contribution in [0.15, 0.2) is 28.2 Å². The Morgan fingerprint density at radius 2 is 2.30 bits per heavy atom. The van der Waals surface area contributed by atoms with E-state index >= 15 is 0 Å². The molecule has 2 heterocycles. The number of carbonyl (C=O) groups is 1. The summed E-state index contributed by atoms with van der Waals surface area (Å²) >= 11 is 4.74. The number of halogens is 1. The molecule has 0 aliphatic carbocycles. The fraction of sp³-hybridized carbons (Fsp3) is 0.154. The van der Waals surface area contributed by atoms with Crippen molar-refractivity contribution in [2.24, 2.45) is 0 Å². The number of nitrogens with zero attached hydrogens (tertiary/aromatic N) is 2. The molecule has 0 unspecified atom stereocenters. The van der Waals surface area contributed by atoms with E-state index in [1.165, 1.54) is 11.3 Å². The third-order valence-electron chi connectivity index (χ3n) is 2.72. The highest BCUT2D eigenvalue weighted by atomic mass is 79.9. The molecule has 0 spiro atoms. The number of rotatable bonds is 2. The molecular weight excluding hydrogens is 342 g/mol. The molecule has 0 saturated heterocycles. The lowest BCUT2D eigenvalue weighted by Gasteiger charge is -2.17. The summed E-state index contributed by atoms with van der Waals surface area (Å²) in [5.41, 5.74) is 1.44. The SMILES string of the molecule is Cc1nnc(NC(=O)C2=Cc3cc(Br)ccc3OC2)s1. The van der Waals surface area contributed by atoms with Crippen molar-refractivity contribution in [3.8, 4) is 5.75 Å². The predicted molar refractivity (Wildman–Crippen MR) is 80.9 cm³/mol. The Labute approximate surface area is 127 Å². The van der Waals surface area contributed by atoms with Crippen LogP contribution in [0.25, 0.3) is 6.08 Å². The summed E-state index contributed by atoms with van der Waals surface area (Å²) in [6.07, 6.45) is 1.83. The lowest BCUT2D eigenvalue weighted by Crippen LogP contribution is -2.21. The molecule has 0 fully saturated rings. The maximum Gasteiger partial charge on any atom is 0.256 e. The first-order valence-electron chi connectivity index (χ1n) is 5.86. The normalized spacial score (nSPS) is 13.2. The number of aryl methyl sites for hydroxylation is 1. The zero-order valence-electron chi connectivity index (χ0n) is 10.5. The van der Waals surface area contributed by atoms with Gasteiger partial charge in [0, 0.05) is 10.0 Å². The predicted octanol–water partition coefficient (Wildman–Crippen LogP) is 3.02. The lowest BCUT2D eigenvalue weighted by atomic mass is 10.1. The quantitative estimate of drug-likeness (QED) is 0.903. The van der Waals surface area contributed by atoms with Gasteiger partial charge in [-0.15, -0.1) is 10.2 Å². The summed E-state index contributed by atoms with van der Waals surface area (Å²) in [5, 5.41) is 11.8. The Morgan fingerprint density at radius 1 is 1.45 bits per heavy atom. The number of nitrogens with one attached hydrogen (secondary N) is 1. The van der Waals surface area contributed by atoms with Crippen molar-refractivity contribution in [3.05, 3.63) is 38.8 Å². The van der Waals surface area contributed by atoms with Gasteiger partial charge in [0.25, 0.3) is 5.91 Å². The van der Waals surface area contributed by atoms with Crippen LogP contribution in [0, 0.1) is 6.92 Å². The summed E-state index contributed by atoms with van der Waals surface area (Å²) < 4.78 is 6.51. The lowest BCUT2D eigenvalue weighted by molar-refractivity contribution is -0.113. The molecule has 1 amide bonds. The maximum atomic E-state index is 12.1. The Balaban J connectivity index is 1.82. The van der Waals surface area contributed by atoms with Crippen molar-refractivity contribution < 1.29 is 9.53 Å². The Morgan fingerprint density at radius 3 is 3.05 bits per heavy atom. The molecule has 0 atom stereocenters. The number of ether oxygens (including phenoxy) is 1. The minimum absolute atomic E-state index is 0.216. The molecule has 1 aliphatic rings. The highest BCUT2D eigenvalue weighted by molar-refractivity contribution is 9.10. The zero-order chi connectivity index (χ0) is 14.1. The van der Waals surface area contributed by atoms with E-state index in [1.807, 2.05) is 31.2 Å². The number of anilines is 1. The van der Waals surface area contributed by atoms with E-state index in [2.05, 4.69) is 31.4 Å². The Bertz CT molecular complexity index is 711. The first-order valence-corrected chi connectivity index (χ1v) is 7.47. The van der Waals surface area contributed by atoms with Crippen molar-refractivity contribution in [2.75, 3.05) is 11.9 Å². The van der Waals surface area contributed by atoms with Gasteiger partial charge in [-0.25, -0.2) is 0 Å². The molecule has 1 aromatic heterocycles. The number of benzene rings is 1. The first-order chi connectivity index (χ1) is 9.61. The fourth-order valence-electron chi connectivity index (χ4n) is 1.80. The van der Waals surface area contributed by atoms with Crippen molar-refractivity contribution in [1.82, 2.24) is 10.2 Å². The van der Waals surface area contributed by atoms with Gasteiger partial charge in [0.2, 0.25) is 5.13 Å². The highest BCUT2D eigenvalue weighted by Crippen LogP contribution is 2.29. The molecule has 20 heavy (non-hydrogen) atoms. The number of carbonyl (C=O) groups excluding carboxylic acids is 1. The summed E-state index contributed by atoms with van der Waals surface area (Å²) in [4.78, 5) is 12.1. The van der Waals surface area contributed by atoms with E-state index < -0.39 is 0 Å². The van der Waals surface area contributed by atoms with Crippen LogP contribution in [0.4, 0.5) is 5.13 Å². The Kier molecular flexibility index (Phi) is 3.54. The van der Waals surface area contributed by atoms with E-state index in [1.54, 1.807) is 0 Å². The smallest absolute Gasteiger partial charge is 0.256 e. The second-order valence-corrected chi connectivity index (χ2v) is 6.32. The minimum atomic E-state index is -0.216. The third-order valence-corrected chi connectivity index (χ3v) is 3.97. The van der Waals surface area contributed by atoms with Crippen LogP contribution in [0.2, 0.25) is 0 Å². The van der Waals surface area contributed by atoms with Gasteiger partial charge in [-0.05, 0) is 31.2 Å². The van der Waals surface area contributed by atoms with E-state index in [0.29, 0.717) is 10.7 Å². The van der Waals surface area contributed by atoms with Crippen molar-refractivity contribution in [1.29, 1.82) is 0 Å². The molecule has 0 saturated carbocycles. The topological polar surface area (TPSA) is 64.1 Å². The number of aromatic nitrogens is 2. The van der Waals surface area contributed by atoms with Crippen LogP contribution in [-0.2, 0) is 4.79 Å². The van der Waals surface area contributed by atoms with Gasteiger partial charge in [-0.3, -0.25) is 10.1 Å². The largest absolute Gasteiger partial charge is 0.488 e. The van der Waals surface area contributed by atoms with E-state index in [-0.39, 0.29) is 12.5 Å². The van der Waals surface area contributed by atoms with Gasteiger partial charge in [-0.1, -0.05) is 27.3 Å². The van der Waals surface area contributed by atoms with Crippen molar-refractivity contribution >= 4 is 44.4 Å². The van der Waals surface area contributed by atoms with Gasteiger partial charge in [0.15, 0.2) is 0 Å². The number of hydrogen-bond acceptors (Lipinski definition) is 5. The average molecular weight is 352 g/mol.